The van der Waals surface area contributed by atoms with Gasteiger partial charge in [0, 0.05) is 5.56 Å². The minimum Gasteiger partial charge on any atom is -0.494 e. The maximum atomic E-state index is 5.75. The van der Waals surface area contributed by atoms with Crippen LogP contribution in [0, 0.1) is 0 Å². The highest BCUT2D eigenvalue weighted by Crippen LogP contribution is 2.12. The standard InChI is InChI=1S/C12H19N5O.C3H8/c1-9(14)16-17-12(15)10-3-5-11(6-4-10)18-8-2-7-13;1-3-2/h3-6H,2,7-8,13H2,1H3,(H2,14,16)(H2,15,17);3H2,1-2H3. The van der Waals surface area contributed by atoms with Gasteiger partial charge in [0.2, 0.25) is 0 Å². The third-order valence-corrected chi connectivity index (χ3v) is 2.08. The second-order valence-corrected chi connectivity index (χ2v) is 4.45. The molecule has 6 heteroatoms. The highest BCUT2D eigenvalue weighted by Gasteiger charge is 1.99. The summed E-state index contributed by atoms with van der Waals surface area (Å²) in [6.45, 7) is 7.12. The summed E-state index contributed by atoms with van der Waals surface area (Å²) in [6.07, 6.45) is 2.08. The van der Waals surface area contributed by atoms with Crippen LogP contribution in [0.5, 0.6) is 5.75 Å². The van der Waals surface area contributed by atoms with Crippen molar-refractivity contribution in [2.24, 2.45) is 27.4 Å². The average molecular weight is 293 g/mol. The lowest BCUT2D eigenvalue weighted by Crippen LogP contribution is -2.14. The summed E-state index contributed by atoms with van der Waals surface area (Å²) >= 11 is 0. The van der Waals surface area contributed by atoms with Gasteiger partial charge in [0.1, 0.15) is 11.6 Å². The minimum absolute atomic E-state index is 0.313. The molecule has 0 radical (unpaired) electrons. The van der Waals surface area contributed by atoms with Gasteiger partial charge in [-0.15, -0.1) is 10.2 Å². The molecule has 1 aromatic carbocycles. The molecule has 0 atom stereocenters. The van der Waals surface area contributed by atoms with Gasteiger partial charge in [-0.2, -0.15) is 0 Å². The maximum absolute atomic E-state index is 5.75. The Morgan fingerprint density at radius 2 is 1.67 bits per heavy atom. The van der Waals surface area contributed by atoms with Crippen LogP contribution in [0.1, 0.15) is 39.2 Å². The van der Waals surface area contributed by atoms with Gasteiger partial charge in [-0.25, -0.2) is 0 Å². The molecule has 21 heavy (non-hydrogen) atoms. The maximum Gasteiger partial charge on any atom is 0.153 e. The van der Waals surface area contributed by atoms with E-state index in [9.17, 15) is 0 Å². The molecule has 1 rings (SSSR count). The highest BCUT2D eigenvalue weighted by atomic mass is 16.5. The summed E-state index contributed by atoms with van der Waals surface area (Å²) in [5.74, 6) is 1.45. The molecule has 118 valence electrons. The lowest BCUT2D eigenvalue weighted by atomic mass is 10.2. The molecule has 0 bridgehead atoms. The topological polar surface area (TPSA) is 112 Å². The van der Waals surface area contributed by atoms with Gasteiger partial charge in [-0.3, -0.25) is 0 Å². The molecule has 0 fully saturated rings. The molecule has 0 saturated heterocycles. The van der Waals surface area contributed by atoms with Gasteiger partial charge in [-0.05, 0) is 44.2 Å². The van der Waals surface area contributed by atoms with E-state index in [1.807, 2.05) is 24.3 Å². The normalized spacial score (nSPS) is 11.6. The Morgan fingerprint density at radius 3 is 2.14 bits per heavy atom. The van der Waals surface area contributed by atoms with Crippen molar-refractivity contribution in [1.82, 2.24) is 0 Å². The summed E-state index contributed by atoms with van der Waals surface area (Å²) < 4.78 is 5.47. The monoisotopic (exact) mass is 293 g/mol. The third-order valence-electron chi connectivity index (χ3n) is 2.08. The molecule has 0 aliphatic heterocycles. The third kappa shape index (κ3) is 9.45. The second-order valence-electron chi connectivity index (χ2n) is 4.45. The molecule has 0 aliphatic rings. The van der Waals surface area contributed by atoms with Crippen LogP contribution in [-0.2, 0) is 0 Å². The molecule has 6 N–H and O–H groups in total. The number of benzene rings is 1. The first-order chi connectivity index (χ1) is 10.0. The van der Waals surface area contributed by atoms with Crippen molar-refractivity contribution >= 4 is 11.7 Å². The first kappa shape index (κ1) is 18.9. The number of amidine groups is 2. The van der Waals surface area contributed by atoms with E-state index in [0.717, 1.165) is 17.7 Å². The fourth-order valence-electron chi connectivity index (χ4n) is 1.19. The highest BCUT2D eigenvalue weighted by molar-refractivity contribution is 5.97. The van der Waals surface area contributed by atoms with Crippen molar-refractivity contribution in [3.63, 3.8) is 0 Å². The van der Waals surface area contributed by atoms with Crippen molar-refractivity contribution in [3.05, 3.63) is 29.8 Å². The predicted molar refractivity (Wildman–Crippen MR) is 89.6 cm³/mol. The van der Waals surface area contributed by atoms with Crippen LogP contribution in [0.4, 0.5) is 0 Å². The smallest absolute Gasteiger partial charge is 0.153 e. The number of rotatable bonds is 6. The van der Waals surface area contributed by atoms with Gasteiger partial charge in [0.15, 0.2) is 5.84 Å². The van der Waals surface area contributed by atoms with Crippen molar-refractivity contribution in [2.75, 3.05) is 13.2 Å². The van der Waals surface area contributed by atoms with E-state index < -0.39 is 0 Å². The van der Waals surface area contributed by atoms with E-state index in [2.05, 4.69) is 24.1 Å². The van der Waals surface area contributed by atoms with Crippen LogP contribution in [0.2, 0.25) is 0 Å². The Morgan fingerprint density at radius 1 is 1.10 bits per heavy atom. The predicted octanol–water partition coefficient (Wildman–Crippen LogP) is 1.83. The van der Waals surface area contributed by atoms with Crippen LogP contribution >= 0.6 is 0 Å². The zero-order valence-electron chi connectivity index (χ0n) is 13.2. The van der Waals surface area contributed by atoms with E-state index in [1.54, 1.807) is 6.92 Å². The van der Waals surface area contributed by atoms with Crippen molar-refractivity contribution < 1.29 is 4.74 Å². The van der Waals surface area contributed by atoms with Gasteiger partial charge < -0.3 is 21.9 Å². The molecule has 0 saturated carbocycles. The Kier molecular flexibility index (Phi) is 10.6. The van der Waals surface area contributed by atoms with Crippen LogP contribution in [0.3, 0.4) is 0 Å². The Labute approximate surface area is 127 Å². The van der Waals surface area contributed by atoms with Crippen molar-refractivity contribution in [1.29, 1.82) is 0 Å². The lowest BCUT2D eigenvalue weighted by molar-refractivity contribution is 0.313. The van der Waals surface area contributed by atoms with Gasteiger partial charge in [-0.1, -0.05) is 20.3 Å². The van der Waals surface area contributed by atoms with Crippen molar-refractivity contribution in [2.45, 2.75) is 33.6 Å². The molecule has 1 aromatic rings. The first-order valence-corrected chi connectivity index (χ1v) is 7.11. The van der Waals surface area contributed by atoms with Gasteiger partial charge >= 0.3 is 0 Å². The van der Waals surface area contributed by atoms with E-state index in [1.165, 1.54) is 6.42 Å². The fraction of sp³-hybridized carbons (Fsp3) is 0.467. The molecule has 0 heterocycles. The molecule has 0 amide bonds. The molecular formula is C15H27N5O. The second kappa shape index (κ2) is 11.7. The van der Waals surface area contributed by atoms with Crippen molar-refractivity contribution in [3.8, 4) is 5.75 Å². The van der Waals surface area contributed by atoms with Crippen LogP contribution in [0.15, 0.2) is 34.5 Å². The number of hydrogen-bond acceptors (Lipinski definition) is 4. The molecule has 6 nitrogen and oxygen atoms in total. The van der Waals surface area contributed by atoms with Crippen LogP contribution in [0.25, 0.3) is 0 Å². The zero-order valence-corrected chi connectivity index (χ0v) is 13.2. The minimum atomic E-state index is 0.313. The number of nitrogens with two attached hydrogens (primary N) is 3. The zero-order chi connectivity index (χ0) is 16.1. The summed E-state index contributed by atoms with van der Waals surface area (Å²) in [5, 5.41) is 7.50. The summed E-state index contributed by atoms with van der Waals surface area (Å²) in [4.78, 5) is 0. The molecule has 0 unspecified atom stereocenters. The number of ether oxygens (including phenoxy) is 1. The Balaban J connectivity index is 0.00000122. The molecule has 0 aromatic heterocycles. The quantitative estimate of drug-likeness (QED) is 0.321. The molecule has 0 spiro atoms. The van der Waals surface area contributed by atoms with Gasteiger partial charge in [0.25, 0.3) is 0 Å². The van der Waals surface area contributed by atoms with Gasteiger partial charge in [0.05, 0.1) is 6.61 Å². The van der Waals surface area contributed by atoms with E-state index in [-0.39, 0.29) is 0 Å². The Hall–Kier alpha value is -2.08. The van der Waals surface area contributed by atoms with E-state index in [4.69, 9.17) is 21.9 Å². The average Bonchev–Trinajstić information content (AvgIpc) is 2.46. The summed E-state index contributed by atoms with van der Waals surface area (Å²) in [7, 11) is 0. The summed E-state index contributed by atoms with van der Waals surface area (Å²) in [5.41, 5.74) is 17.3. The Bertz CT molecular complexity index is 436. The molecular weight excluding hydrogens is 266 g/mol. The fourth-order valence-corrected chi connectivity index (χ4v) is 1.19. The SMILES string of the molecule is C/C(N)=N/N=C(\N)c1ccc(OCCCN)cc1.CCC. The largest absolute Gasteiger partial charge is 0.494 e. The van der Waals surface area contributed by atoms with E-state index in [0.29, 0.717) is 24.8 Å². The number of nitrogens with zero attached hydrogens (tertiary/aromatic N) is 2. The lowest BCUT2D eigenvalue weighted by Gasteiger charge is -2.05. The first-order valence-electron chi connectivity index (χ1n) is 7.11. The van der Waals surface area contributed by atoms with E-state index >= 15 is 0 Å². The van der Waals surface area contributed by atoms with Crippen LogP contribution in [-0.4, -0.2) is 24.8 Å². The molecule has 0 aliphatic carbocycles. The van der Waals surface area contributed by atoms with Crippen LogP contribution < -0.4 is 21.9 Å². The number of hydrogen-bond donors (Lipinski definition) is 3. The summed E-state index contributed by atoms with van der Waals surface area (Å²) in [6, 6.07) is 7.29.